The zero-order valence-corrected chi connectivity index (χ0v) is 17.1. The minimum absolute atomic E-state index is 0.244. The summed E-state index contributed by atoms with van der Waals surface area (Å²) in [5, 5.41) is 0. The molecule has 3 spiro atoms. The monoisotopic (exact) mass is 403 g/mol. The lowest BCUT2D eigenvalue weighted by atomic mass is 9.49. The molecule has 1 saturated carbocycles. The van der Waals surface area contributed by atoms with Crippen LogP contribution in [0.15, 0.2) is 58.2 Å². The average Bonchev–Trinajstić information content (AvgIpc) is 3.04. The van der Waals surface area contributed by atoms with E-state index in [9.17, 15) is 0 Å². The first-order valence-electron chi connectivity index (χ1n) is 10.6. The SMILES string of the molecule is CC1=C(c2ccc3c(c2)C2(COC(N)=N2)C2(COC2)C2(CCC2)O3)C=N/C=C/C=C1. The fraction of sp³-hybridized carbons (Fsp3) is 0.417. The van der Waals surface area contributed by atoms with E-state index in [4.69, 9.17) is 24.9 Å². The molecule has 1 aliphatic carbocycles. The molecule has 1 saturated heterocycles. The molecule has 1 aromatic carbocycles. The summed E-state index contributed by atoms with van der Waals surface area (Å²) in [7, 11) is 0. The smallest absolute Gasteiger partial charge is 0.283 e. The highest BCUT2D eigenvalue weighted by molar-refractivity contribution is 6.12. The van der Waals surface area contributed by atoms with Gasteiger partial charge in [-0.25, -0.2) is 4.99 Å². The molecule has 1 aromatic rings. The molecule has 0 radical (unpaired) electrons. The Kier molecular flexibility index (Phi) is 3.64. The maximum atomic E-state index is 6.73. The van der Waals surface area contributed by atoms with Crippen molar-refractivity contribution >= 4 is 17.8 Å². The predicted molar refractivity (Wildman–Crippen MR) is 116 cm³/mol. The lowest BCUT2D eigenvalue weighted by Gasteiger charge is -2.66. The molecule has 1 unspecified atom stereocenters. The molecule has 6 nitrogen and oxygen atoms in total. The zero-order chi connectivity index (χ0) is 20.4. The summed E-state index contributed by atoms with van der Waals surface area (Å²) < 4.78 is 18.3. The Bertz CT molecular complexity index is 1070. The number of aliphatic imine (C=N–C) groups is 2. The molecule has 30 heavy (non-hydrogen) atoms. The largest absolute Gasteiger partial charge is 0.486 e. The molecule has 2 fully saturated rings. The molecule has 6 heteroatoms. The Morgan fingerprint density at radius 2 is 1.97 bits per heavy atom. The van der Waals surface area contributed by atoms with Crippen LogP contribution in [0.4, 0.5) is 0 Å². The van der Waals surface area contributed by atoms with Crippen LogP contribution < -0.4 is 10.5 Å². The van der Waals surface area contributed by atoms with Crippen molar-refractivity contribution in [2.75, 3.05) is 19.8 Å². The van der Waals surface area contributed by atoms with E-state index in [2.05, 4.69) is 36.2 Å². The van der Waals surface area contributed by atoms with Gasteiger partial charge in [0.15, 0.2) is 0 Å². The topological polar surface area (TPSA) is 78.4 Å². The molecule has 5 aliphatic rings. The molecule has 2 N–H and O–H groups in total. The molecule has 1 atom stereocenters. The molecule has 0 aromatic heterocycles. The van der Waals surface area contributed by atoms with Crippen LogP contribution in [0.5, 0.6) is 5.75 Å². The molecule has 0 bridgehead atoms. The van der Waals surface area contributed by atoms with E-state index in [0.717, 1.165) is 47.3 Å². The second kappa shape index (κ2) is 6.08. The summed E-state index contributed by atoms with van der Waals surface area (Å²) in [4.78, 5) is 9.36. The fourth-order valence-electron chi connectivity index (χ4n) is 5.66. The first kappa shape index (κ1) is 18.0. The quantitative estimate of drug-likeness (QED) is 0.779. The second-order valence-corrected chi connectivity index (χ2v) is 8.91. The Hall–Kier alpha value is -2.86. The van der Waals surface area contributed by atoms with Crippen molar-refractivity contribution in [2.45, 2.75) is 37.3 Å². The summed E-state index contributed by atoms with van der Waals surface area (Å²) in [6.45, 7) is 3.77. The van der Waals surface area contributed by atoms with Crippen molar-refractivity contribution in [1.82, 2.24) is 0 Å². The number of amidine groups is 1. The zero-order valence-electron chi connectivity index (χ0n) is 17.1. The molecule has 6 rings (SSSR count). The van der Waals surface area contributed by atoms with Crippen molar-refractivity contribution in [3.63, 3.8) is 0 Å². The Balaban J connectivity index is 1.56. The number of fused-ring (bicyclic) bond motifs is 4. The van der Waals surface area contributed by atoms with Crippen LogP contribution in [0.1, 0.15) is 37.3 Å². The highest BCUT2D eigenvalue weighted by atomic mass is 16.5. The van der Waals surface area contributed by atoms with Crippen molar-refractivity contribution in [1.29, 1.82) is 0 Å². The van der Waals surface area contributed by atoms with E-state index < -0.39 is 5.54 Å². The summed E-state index contributed by atoms with van der Waals surface area (Å²) >= 11 is 0. The van der Waals surface area contributed by atoms with Gasteiger partial charge < -0.3 is 19.9 Å². The molecule has 0 amide bonds. The number of allylic oxidation sites excluding steroid dienone is 5. The van der Waals surface area contributed by atoms with E-state index in [1.54, 1.807) is 6.20 Å². The number of ether oxygens (including phenoxy) is 3. The fourth-order valence-corrected chi connectivity index (χ4v) is 5.66. The average molecular weight is 403 g/mol. The maximum absolute atomic E-state index is 6.73. The van der Waals surface area contributed by atoms with Crippen LogP contribution in [0.25, 0.3) is 5.57 Å². The van der Waals surface area contributed by atoms with E-state index >= 15 is 0 Å². The number of hydrogen-bond donors (Lipinski definition) is 1. The highest BCUT2D eigenvalue weighted by Gasteiger charge is 2.75. The van der Waals surface area contributed by atoms with Gasteiger partial charge >= 0.3 is 0 Å². The van der Waals surface area contributed by atoms with Crippen LogP contribution in [0.3, 0.4) is 0 Å². The number of rotatable bonds is 1. The molecule has 4 aliphatic heterocycles. The van der Waals surface area contributed by atoms with Crippen LogP contribution in [-0.2, 0) is 15.0 Å². The number of nitrogens with zero attached hydrogens (tertiary/aromatic N) is 2. The van der Waals surface area contributed by atoms with Gasteiger partial charge in [-0.2, -0.15) is 0 Å². The summed E-state index contributed by atoms with van der Waals surface area (Å²) in [6.07, 6.45) is 12.9. The van der Waals surface area contributed by atoms with Gasteiger partial charge in [0.2, 0.25) is 0 Å². The summed E-state index contributed by atoms with van der Waals surface area (Å²) in [5.41, 5.74) is 9.36. The van der Waals surface area contributed by atoms with Crippen LogP contribution in [0, 0.1) is 5.41 Å². The third-order valence-electron chi connectivity index (χ3n) is 7.55. The van der Waals surface area contributed by atoms with Gasteiger partial charge in [0.1, 0.15) is 23.5 Å². The maximum Gasteiger partial charge on any atom is 0.283 e. The lowest BCUT2D eigenvalue weighted by molar-refractivity contribution is -0.281. The first-order chi connectivity index (χ1) is 14.6. The number of hydrogen-bond acceptors (Lipinski definition) is 6. The third-order valence-corrected chi connectivity index (χ3v) is 7.55. The standard InChI is InChI=1S/C24H25N3O3/c1-16-5-2-3-10-26-12-18(16)17-6-7-20-19(11-17)24(15-29-21(25)27-24)22(13-28-14-22)23(30-20)8-4-9-23/h2-3,5-7,10-12H,4,8-9,13-15H2,1H3,(H2,25,27)/b3-2?,5-2?,10-3+,16-5?,18-12?,18-16?,26-10?,26-12?. The van der Waals surface area contributed by atoms with Gasteiger partial charge in [-0.05, 0) is 55.5 Å². The summed E-state index contributed by atoms with van der Waals surface area (Å²) in [6, 6.07) is 6.64. The predicted octanol–water partition coefficient (Wildman–Crippen LogP) is 3.49. The van der Waals surface area contributed by atoms with Crippen LogP contribution >= 0.6 is 0 Å². The molecular weight excluding hydrogens is 378 g/mol. The molecular formula is C24H25N3O3. The van der Waals surface area contributed by atoms with Crippen molar-refractivity contribution in [2.24, 2.45) is 21.1 Å². The van der Waals surface area contributed by atoms with E-state index in [1.807, 2.05) is 18.4 Å². The molecule has 154 valence electrons. The van der Waals surface area contributed by atoms with Gasteiger partial charge in [0.25, 0.3) is 6.02 Å². The van der Waals surface area contributed by atoms with E-state index in [1.165, 1.54) is 0 Å². The van der Waals surface area contributed by atoms with Gasteiger partial charge in [-0.1, -0.05) is 18.2 Å². The third kappa shape index (κ3) is 2.12. The lowest BCUT2D eigenvalue weighted by Crippen LogP contribution is -2.75. The van der Waals surface area contributed by atoms with E-state index in [-0.39, 0.29) is 17.0 Å². The minimum Gasteiger partial charge on any atom is -0.486 e. The molecule has 4 heterocycles. The van der Waals surface area contributed by atoms with Gasteiger partial charge in [-0.3, -0.25) is 4.99 Å². The van der Waals surface area contributed by atoms with Crippen molar-refractivity contribution in [3.05, 3.63) is 59.3 Å². The summed E-state index contributed by atoms with van der Waals surface area (Å²) in [5.74, 6) is 0.884. The number of benzene rings is 1. The van der Waals surface area contributed by atoms with Crippen molar-refractivity contribution < 1.29 is 14.2 Å². The Labute approximate surface area is 175 Å². The van der Waals surface area contributed by atoms with Gasteiger partial charge in [0.05, 0.1) is 18.6 Å². The first-order valence-corrected chi connectivity index (χ1v) is 10.6. The van der Waals surface area contributed by atoms with Gasteiger partial charge in [0, 0.05) is 23.6 Å². The van der Waals surface area contributed by atoms with E-state index in [0.29, 0.717) is 19.8 Å². The second-order valence-electron chi connectivity index (χ2n) is 8.91. The van der Waals surface area contributed by atoms with Crippen molar-refractivity contribution in [3.8, 4) is 5.75 Å². The normalized spacial score (nSPS) is 30.6. The highest BCUT2D eigenvalue weighted by Crippen LogP contribution is 2.67. The van der Waals surface area contributed by atoms with Crippen LogP contribution in [-0.4, -0.2) is 37.7 Å². The Morgan fingerprint density at radius 1 is 1.10 bits per heavy atom. The van der Waals surface area contributed by atoms with Crippen LogP contribution in [0.2, 0.25) is 0 Å². The van der Waals surface area contributed by atoms with Gasteiger partial charge in [-0.15, -0.1) is 0 Å². The minimum atomic E-state index is -0.581. The number of nitrogens with two attached hydrogens (primary N) is 1. The Morgan fingerprint density at radius 3 is 2.63 bits per heavy atom.